The standard InChI is InChI=1S/C6H14N2O2.H2/c1-8(2)4-3-5-10-6(7)9;/h3-5H2,1-2H3,(H2,7,9);1H. The number of amides is 1. The van der Waals surface area contributed by atoms with Crippen LogP contribution in [0.15, 0.2) is 0 Å². The molecular formula is C6H16N2O2. The van der Waals surface area contributed by atoms with Gasteiger partial charge >= 0.3 is 6.09 Å². The van der Waals surface area contributed by atoms with Gasteiger partial charge in [-0.15, -0.1) is 0 Å². The molecule has 62 valence electrons. The van der Waals surface area contributed by atoms with Crippen LogP contribution in [-0.4, -0.2) is 38.2 Å². The Morgan fingerprint density at radius 2 is 2.30 bits per heavy atom. The Kier molecular flexibility index (Phi) is 4.66. The third kappa shape index (κ3) is 7.23. The monoisotopic (exact) mass is 148 g/mol. The molecule has 0 fully saturated rings. The van der Waals surface area contributed by atoms with Gasteiger partial charge in [0.2, 0.25) is 0 Å². The Hall–Kier alpha value is -0.770. The molecule has 0 bridgehead atoms. The van der Waals surface area contributed by atoms with Gasteiger partial charge in [-0.2, -0.15) is 0 Å². The predicted molar refractivity (Wildman–Crippen MR) is 40.8 cm³/mol. The summed E-state index contributed by atoms with van der Waals surface area (Å²) in [6.07, 6.45) is 0.134. The van der Waals surface area contributed by atoms with E-state index in [4.69, 9.17) is 5.73 Å². The van der Waals surface area contributed by atoms with Gasteiger partial charge in [-0.1, -0.05) is 0 Å². The van der Waals surface area contributed by atoms with Crippen molar-refractivity contribution in [2.24, 2.45) is 5.73 Å². The number of primary amides is 1. The molecule has 0 spiro atoms. The molecule has 0 aliphatic heterocycles. The Labute approximate surface area is 62.4 Å². The first kappa shape index (κ1) is 9.23. The number of carbonyl (C=O) groups excluding carboxylic acids is 1. The van der Waals surface area contributed by atoms with E-state index in [1.165, 1.54) is 0 Å². The van der Waals surface area contributed by atoms with Crippen LogP contribution in [0.2, 0.25) is 0 Å². The predicted octanol–water partition coefficient (Wildman–Crippen LogP) is 0.279. The first-order valence-corrected chi connectivity index (χ1v) is 3.20. The zero-order valence-corrected chi connectivity index (χ0v) is 6.46. The lowest BCUT2D eigenvalue weighted by Crippen LogP contribution is -2.18. The van der Waals surface area contributed by atoms with Crippen LogP contribution in [0.4, 0.5) is 4.79 Å². The zero-order chi connectivity index (χ0) is 7.98. The van der Waals surface area contributed by atoms with E-state index < -0.39 is 6.09 Å². The topological polar surface area (TPSA) is 55.6 Å². The van der Waals surface area contributed by atoms with Gasteiger partial charge in [-0.05, 0) is 20.5 Å². The molecular weight excluding hydrogens is 132 g/mol. The normalized spacial score (nSPS) is 9.90. The second-order valence-electron chi connectivity index (χ2n) is 2.32. The van der Waals surface area contributed by atoms with Gasteiger partial charge in [0, 0.05) is 7.97 Å². The van der Waals surface area contributed by atoms with Crippen LogP contribution < -0.4 is 5.73 Å². The molecule has 0 saturated carbocycles. The third-order valence-corrected chi connectivity index (χ3v) is 0.994. The molecule has 0 unspecified atom stereocenters. The minimum absolute atomic E-state index is 0. The van der Waals surface area contributed by atoms with Crippen LogP contribution in [0.25, 0.3) is 0 Å². The number of nitrogens with two attached hydrogens (primary N) is 1. The molecule has 10 heavy (non-hydrogen) atoms. The maximum absolute atomic E-state index is 10.0. The van der Waals surface area contributed by atoms with Gasteiger partial charge in [0.05, 0.1) is 6.61 Å². The Bertz CT molecular complexity index is 109. The van der Waals surface area contributed by atoms with Crippen molar-refractivity contribution in [2.45, 2.75) is 6.42 Å². The fourth-order valence-corrected chi connectivity index (χ4v) is 0.554. The lowest BCUT2D eigenvalue weighted by atomic mass is 10.4. The summed E-state index contributed by atoms with van der Waals surface area (Å²) < 4.78 is 4.50. The molecule has 0 aromatic carbocycles. The lowest BCUT2D eigenvalue weighted by Gasteiger charge is -2.07. The van der Waals surface area contributed by atoms with Crippen LogP contribution in [0.5, 0.6) is 0 Å². The van der Waals surface area contributed by atoms with Crippen molar-refractivity contribution in [3.63, 3.8) is 0 Å². The van der Waals surface area contributed by atoms with E-state index in [2.05, 4.69) is 4.74 Å². The summed E-state index contributed by atoms with van der Waals surface area (Å²) in [5, 5.41) is 0. The maximum atomic E-state index is 10.0. The van der Waals surface area contributed by atoms with Gasteiger partial charge in [0.1, 0.15) is 0 Å². The Balaban J connectivity index is 0. The van der Waals surface area contributed by atoms with E-state index in [9.17, 15) is 4.79 Å². The van der Waals surface area contributed by atoms with Crippen molar-refractivity contribution in [2.75, 3.05) is 27.2 Å². The highest BCUT2D eigenvalue weighted by atomic mass is 16.5. The van der Waals surface area contributed by atoms with Crippen molar-refractivity contribution in [3.05, 3.63) is 0 Å². The summed E-state index contributed by atoms with van der Waals surface area (Å²) in [5.74, 6) is 0. The van der Waals surface area contributed by atoms with E-state index in [-0.39, 0.29) is 1.43 Å². The number of carbonyl (C=O) groups is 1. The van der Waals surface area contributed by atoms with Gasteiger partial charge < -0.3 is 15.4 Å². The average Bonchev–Trinajstić information content (AvgIpc) is 1.79. The van der Waals surface area contributed by atoms with Crippen LogP contribution >= 0.6 is 0 Å². The molecule has 0 rings (SSSR count). The number of nitrogens with zero attached hydrogens (tertiary/aromatic N) is 1. The van der Waals surface area contributed by atoms with Crippen molar-refractivity contribution in [3.8, 4) is 0 Å². The highest BCUT2D eigenvalue weighted by molar-refractivity contribution is 5.64. The molecule has 4 nitrogen and oxygen atoms in total. The second-order valence-corrected chi connectivity index (χ2v) is 2.32. The van der Waals surface area contributed by atoms with Crippen LogP contribution in [0.1, 0.15) is 7.85 Å². The molecule has 0 aliphatic carbocycles. The quantitative estimate of drug-likeness (QED) is 0.582. The summed E-state index contributed by atoms with van der Waals surface area (Å²) in [6.45, 7) is 1.32. The average molecular weight is 148 g/mol. The first-order chi connectivity index (χ1) is 4.63. The highest BCUT2D eigenvalue weighted by Crippen LogP contribution is 1.84. The summed E-state index contributed by atoms with van der Waals surface area (Å²) in [6, 6.07) is 0. The number of hydrogen-bond acceptors (Lipinski definition) is 3. The van der Waals surface area contributed by atoms with Crippen LogP contribution in [-0.2, 0) is 4.74 Å². The summed E-state index contributed by atoms with van der Waals surface area (Å²) in [7, 11) is 3.93. The van der Waals surface area contributed by atoms with Crippen LogP contribution in [0, 0.1) is 0 Å². The molecule has 0 radical (unpaired) electrons. The zero-order valence-electron chi connectivity index (χ0n) is 6.46. The lowest BCUT2D eigenvalue weighted by molar-refractivity contribution is 0.152. The van der Waals surface area contributed by atoms with Gasteiger partial charge in [0.15, 0.2) is 0 Å². The summed E-state index contributed by atoms with van der Waals surface area (Å²) >= 11 is 0. The van der Waals surface area contributed by atoms with Crippen LogP contribution in [0.3, 0.4) is 0 Å². The summed E-state index contributed by atoms with van der Waals surface area (Å²) in [4.78, 5) is 12.0. The number of hydrogen-bond donors (Lipinski definition) is 1. The maximum Gasteiger partial charge on any atom is 0.404 e. The van der Waals surface area contributed by atoms with Crippen molar-refractivity contribution in [1.82, 2.24) is 4.90 Å². The molecule has 1 amide bonds. The fraction of sp³-hybridized carbons (Fsp3) is 0.833. The summed E-state index contributed by atoms with van der Waals surface area (Å²) in [5.41, 5.74) is 4.73. The SMILES string of the molecule is CN(C)CCCOC(N)=O.[HH]. The van der Waals surface area contributed by atoms with E-state index in [0.29, 0.717) is 6.61 Å². The van der Waals surface area contributed by atoms with Gasteiger partial charge in [0.25, 0.3) is 0 Å². The third-order valence-electron chi connectivity index (χ3n) is 0.994. The largest absolute Gasteiger partial charge is 0.450 e. The van der Waals surface area contributed by atoms with Crippen molar-refractivity contribution >= 4 is 6.09 Å². The Morgan fingerprint density at radius 1 is 1.70 bits per heavy atom. The van der Waals surface area contributed by atoms with Gasteiger partial charge in [-0.25, -0.2) is 4.79 Å². The van der Waals surface area contributed by atoms with Crippen molar-refractivity contribution < 1.29 is 11.0 Å². The minimum Gasteiger partial charge on any atom is -0.450 e. The van der Waals surface area contributed by atoms with E-state index in [1.54, 1.807) is 0 Å². The number of rotatable bonds is 4. The van der Waals surface area contributed by atoms with E-state index >= 15 is 0 Å². The van der Waals surface area contributed by atoms with Crippen molar-refractivity contribution in [1.29, 1.82) is 0 Å². The molecule has 0 aromatic rings. The molecule has 0 aliphatic rings. The molecule has 4 heteroatoms. The second kappa shape index (κ2) is 5.05. The van der Waals surface area contributed by atoms with E-state index in [1.807, 2.05) is 19.0 Å². The number of ether oxygens (including phenoxy) is 1. The minimum atomic E-state index is -0.696. The molecule has 0 saturated heterocycles. The van der Waals surface area contributed by atoms with Gasteiger partial charge in [-0.3, -0.25) is 0 Å². The van der Waals surface area contributed by atoms with E-state index in [0.717, 1.165) is 13.0 Å². The Morgan fingerprint density at radius 3 is 2.70 bits per heavy atom. The molecule has 0 atom stereocenters. The fourth-order valence-electron chi connectivity index (χ4n) is 0.554. The first-order valence-electron chi connectivity index (χ1n) is 3.20. The molecule has 0 aromatic heterocycles. The molecule has 2 N–H and O–H groups in total. The highest BCUT2D eigenvalue weighted by Gasteiger charge is 1.93. The molecule has 0 heterocycles. The smallest absolute Gasteiger partial charge is 0.404 e.